The van der Waals surface area contributed by atoms with Crippen LogP contribution in [0.3, 0.4) is 0 Å². The molecule has 126 valence electrons. The Morgan fingerprint density at radius 2 is 1.79 bits per heavy atom. The summed E-state index contributed by atoms with van der Waals surface area (Å²) < 4.78 is 24.5. The molecule has 1 aliphatic rings. The van der Waals surface area contributed by atoms with Gasteiger partial charge in [0.2, 0.25) is 10.0 Å². The molecule has 3 rings (SSSR count). The van der Waals surface area contributed by atoms with E-state index in [-0.39, 0.29) is 11.9 Å². The van der Waals surface area contributed by atoms with Crippen LogP contribution in [0.5, 0.6) is 0 Å². The largest absolute Gasteiger partial charge is 0.348 e. The minimum Gasteiger partial charge on any atom is -0.348 e. The van der Waals surface area contributed by atoms with Gasteiger partial charge in [0.05, 0.1) is 6.26 Å². The number of hydrogen-bond donors (Lipinski definition) is 1. The molecule has 0 aromatic heterocycles. The second kappa shape index (κ2) is 6.75. The third-order valence-electron chi connectivity index (χ3n) is 4.19. The molecule has 0 bridgehead atoms. The van der Waals surface area contributed by atoms with E-state index < -0.39 is 10.0 Å². The maximum absolute atomic E-state index is 12.5. The van der Waals surface area contributed by atoms with Crippen molar-refractivity contribution in [3.05, 3.63) is 60.2 Å². The van der Waals surface area contributed by atoms with Crippen molar-refractivity contribution >= 4 is 15.9 Å². The Kier molecular flexibility index (Phi) is 4.69. The van der Waals surface area contributed by atoms with E-state index in [2.05, 4.69) is 5.32 Å². The molecule has 1 aliphatic heterocycles. The molecule has 1 unspecified atom stereocenters. The summed E-state index contributed by atoms with van der Waals surface area (Å²) >= 11 is 0. The van der Waals surface area contributed by atoms with Gasteiger partial charge in [0.1, 0.15) is 0 Å². The van der Waals surface area contributed by atoms with E-state index >= 15 is 0 Å². The average molecular weight is 344 g/mol. The lowest BCUT2D eigenvalue weighted by atomic mass is 10.0. The zero-order valence-electron chi connectivity index (χ0n) is 13.5. The Labute approximate surface area is 142 Å². The fourth-order valence-corrected chi connectivity index (χ4v) is 3.77. The van der Waals surface area contributed by atoms with Crippen LogP contribution in [0.25, 0.3) is 11.1 Å². The van der Waals surface area contributed by atoms with Crippen molar-refractivity contribution in [2.75, 3.05) is 19.3 Å². The molecule has 2 aromatic rings. The normalized spacial score (nSPS) is 18.5. The quantitative estimate of drug-likeness (QED) is 0.924. The first-order valence-electron chi connectivity index (χ1n) is 7.85. The maximum Gasteiger partial charge on any atom is 0.251 e. The van der Waals surface area contributed by atoms with Crippen molar-refractivity contribution in [1.29, 1.82) is 0 Å². The van der Waals surface area contributed by atoms with E-state index in [1.165, 1.54) is 10.6 Å². The van der Waals surface area contributed by atoms with E-state index in [4.69, 9.17) is 0 Å². The summed E-state index contributed by atoms with van der Waals surface area (Å²) in [5, 5.41) is 2.93. The molecule has 1 saturated heterocycles. The standard InChI is InChI=1S/C18H20N2O3S/c1-24(22,23)20-11-10-17(13-20)19-18(21)16-9-5-8-15(12-16)14-6-3-2-4-7-14/h2-9,12,17H,10-11,13H2,1H3,(H,19,21). The van der Waals surface area contributed by atoms with Crippen molar-refractivity contribution < 1.29 is 13.2 Å². The SMILES string of the molecule is CS(=O)(=O)N1CCC(NC(=O)c2cccc(-c3ccccc3)c2)C1. The molecule has 1 atom stereocenters. The molecule has 6 heteroatoms. The summed E-state index contributed by atoms with van der Waals surface area (Å²) in [6.07, 6.45) is 1.83. The van der Waals surface area contributed by atoms with Crippen LogP contribution in [0.1, 0.15) is 16.8 Å². The molecule has 1 N–H and O–H groups in total. The Hall–Kier alpha value is -2.18. The van der Waals surface area contributed by atoms with Crippen LogP contribution in [0.2, 0.25) is 0 Å². The molecule has 1 amide bonds. The zero-order valence-corrected chi connectivity index (χ0v) is 14.3. The summed E-state index contributed by atoms with van der Waals surface area (Å²) in [6, 6.07) is 17.2. The van der Waals surface area contributed by atoms with Gasteiger partial charge in [-0.2, -0.15) is 0 Å². The minimum absolute atomic E-state index is 0.146. The number of carbonyl (C=O) groups excluding carboxylic acids is 1. The van der Waals surface area contributed by atoms with Crippen LogP contribution in [-0.4, -0.2) is 44.0 Å². The number of benzene rings is 2. The van der Waals surface area contributed by atoms with Crippen molar-refractivity contribution in [2.45, 2.75) is 12.5 Å². The molecule has 0 radical (unpaired) electrons. The van der Waals surface area contributed by atoms with Crippen molar-refractivity contribution in [3.63, 3.8) is 0 Å². The first-order valence-corrected chi connectivity index (χ1v) is 9.70. The van der Waals surface area contributed by atoms with Gasteiger partial charge in [-0.05, 0) is 29.7 Å². The highest BCUT2D eigenvalue weighted by Gasteiger charge is 2.29. The highest BCUT2D eigenvalue weighted by Crippen LogP contribution is 2.20. The third kappa shape index (κ3) is 3.83. The van der Waals surface area contributed by atoms with Gasteiger partial charge in [0.15, 0.2) is 0 Å². The van der Waals surface area contributed by atoms with Crippen LogP contribution in [0, 0.1) is 0 Å². The van der Waals surface area contributed by atoms with Gasteiger partial charge in [0.25, 0.3) is 5.91 Å². The average Bonchev–Trinajstić information content (AvgIpc) is 3.05. The Bertz CT molecular complexity index is 834. The number of hydrogen-bond acceptors (Lipinski definition) is 3. The second-order valence-electron chi connectivity index (χ2n) is 6.03. The lowest BCUT2D eigenvalue weighted by Gasteiger charge is -2.15. The predicted octanol–water partition coefficient (Wildman–Crippen LogP) is 2.12. The number of nitrogens with one attached hydrogen (secondary N) is 1. The first kappa shape index (κ1) is 16.7. The van der Waals surface area contributed by atoms with Crippen molar-refractivity contribution in [1.82, 2.24) is 9.62 Å². The van der Waals surface area contributed by atoms with Gasteiger partial charge in [-0.25, -0.2) is 12.7 Å². The smallest absolute Gasteiger partial charge is 0.251 e. The van der Waals surface area contributed by atoms with E-state index in [1.807, 2.05) is 48.5 Å². The number of rotatable bonds is 4. The third-order valence-corrected chi connectivity index (χ3v) is 5.46. The van der Waals surface area contributed by atoms with Crippen molar-refractivity contribution in [3.8, 4) is 11.1 Å². The fraction of sp³-hybridized carbons (Fsp3) is 0.278. The Balaban J connectivity index is 1.70. The zero-order chi connectivity index (χ0) is 17.2. The molecular formula is C18H20N2O3S. The Morgan fingerprint density at radius 3 is 2.46 bits per heavy atom. The topological polar surface area (TPSA) is 66.5 Å². The molecule has 0 aliphatic carbocycles. The van der Waals surface area contributed by atoms with E-state index in [1.54, 1.807) is 6.07 Å². The maximum atomic E-state index is 12.5. The lowest BCUT2D eigenvalue weighted by Crippen LogP contribution is -2.38. The van der Waals surface area contributed by atoms with Gasteiger partial charge in [0, 0.05) is 24.7 Å². The highest BCUT2D eigenvalue weighted by atomic mass is 32.2. The highest BCUT2D eigenvalue weighted by molar-refractivity contribution is 7.88. The van der Waals surface area contributed by atoms with E-state index in [0.29, 0.717) is 25.1 Å². The Morgan fingerprint density at radius 1 is 1.08 bits per heavy atom. The predicted molar refractivity (Wildman–Crippen MR) is 94.2 cm³/mol. The molecule has 2 aromatic carbocycles. The summed E-state index contributed by atoms with van der Waals surface area (Å²) in [7, 11) is -3.20. The van der Waals surface area contributed by atoms with Crippen LogP contribution in [0.4, 0.5) is 0 Å². The first-order chi connectivity index (χ1) is 11.4. The van der Waals surface area contributed by atoms with Gasteiger partial charge in [-0.15, -0.1) is 0 Å². The molecule has 0 spiro atoms. The molecular weight excluding hydrogens is 324 g/mol. The van der Waals surface area contributed by atoms with Gasteiger partial charge >= 0.3 is 0 Å². The molecule has 5 nitrogen and oxygen atoms in total. The monoisotopic (exact) mass is 344 g/mol. The molecule has 0 saturated carbocycles. The summed E-state index contributed by atoms with van der Waals surface area (Å²) in [5.41, 5.74) is 2.61. The summed E-state index contributed by atoms with van der Waals surface area (Å²) in [6.45, 7) is 0.788. The summed E-state index contributed by atoms with van der Waals surface area (Å²) in [4.78, 5) is 12.5. The molecule has 24 heavy (non-hydrogen) atoms. The minimum atomic E-state index is -3.20. The second-order valence-corrected chi connectivity index (χ2v) is 8.01. The van der Waals surface area contributed by atoms with Gasteiger partial charge in [-0.1, -0.05) is 42.5 Å². The number of carbonyl (C=O) groups is 1. The number of nitrogens with zero attached hydrogens (tertiary/aromatic N) is 1. The van der Waals surface area contributed by atoms with Gasteiger partial charge in [-0.3, -0.25) is 4.79 Å². The van der Waals surface area contributed by atoms with E-state index in [0.717, 1.165) is 11.1 Å². The lowest BCUT2D eigenvalue weighted by molar-refractivity contribution is 0.0939. The summed E-state index contributed by atoms with van der Waals surface area (Å²) in [5.74, 6) is -0.173. The van der Waals surface area contributed by atoms with Crippen LogP contribution < -0.4 is 5.32 Å². The van der Waals surface area contributed by atoms with Crippen LogP contribution >= 0.6 is 0 Å². The van der Waals surface area contributed by atoms with E-state index in [9.17, 15) is 13.2 Å². The molecule has 1 heterocycles. The number of sulfonamides is 1. The van der Waals surface area contributed by atoms with Crippen molar-refractivity contribution in [2.24, 2.45) is 0 Å². The van der Waals surface area contributed by atoms with Crippen LogP contribution in [0.15, 0.2) is 54.6 Å². The number of amides is 1. The molecule has 1 fully saturated rings. The van der Waals surface area contributed by atoms with Gasteiger partial charge < -0.3 is 5.32 Å². The fourth-order valence-electron chi connectivity index (χ4n) is 2.89. The van der Waals surface area contributed by atoms with Crippen LogP contribution in [-0.2, 0) is 10.0 Å².